The maximum atomic E-state index is 13.5. The molecule has 1 aromatic heterocycles. The third kappa shape index (κ3) is 3.77. The van der Waals surface area contributed by atoms with Crippen LogP contribution in [0.4, 0.5) is 18.9 Å². The fourth-order valence-electron chi connectivity index (χ4n) is 2.93. The van der Waals surface area contributed by atoms with E-state index in [-0.39, 0.29) is 12.2 Å². The zero-order valence-electron chi connectivity index (χ0n) is 14.4. The molecule has 0 saturated heterocycles. The Labute approximate surface area is 154 Å². The van der Waals surface area contributed by atoms with E-state index < -0.39 is 23.0 Å². The molecule has 6 heteroatoms. The van der Waals surface area contributed by atoms with Gasteiger partial charge in [-0.15, -0.1) is 0 Å². The summed E-state index contributed by atoms with van der Waals surface area (Å²) in [4.78, 5) is 15.7. The number of benzene rings is 2. The van der Waals surface area contributed by atoms with Crippen molar-refractivity contribution in [2.45, 2.75) is 19.6 Å². The maximum absolute atomic E-state index is 13.5. The van der Waals surface area contributed by atoms with Crippen LogP contribution in [0, 0.1) is 13.5 Å². The highest BCUT2D eigenvalue weighted by molar-refractivity contribution is 5.66. The number of aromatic nitrogens is 1. The summed E-state index contributed by atoms with van der Waals surface area (Å²) in [7, 11) is 0. The Kier molecular flexibility index (Phi) is 4.87. The van der Waals surface area contributed by atoms with Gasteiger partial charge in [0.15, 0.2) is 0 Å². The molecule has 0 spiro atoms. The summed E-state index contributed by atoms with van der Waals surface area (Å²) in [5.74, 6) is 0. The van der Waals surface area contributed by atoms with E-state index >= 15 is 0 Å². The zero-order chi connectivity index (χ0) is 19.6. The average molecular weight is 368 g/mol. The van der Waals surface area contributed by atoms with Crippen LogP contribution in [-0.4, -0.2) is 4.57 Å². The van der Waals surface area contributed by atoms with Crippen LogP contribution in [0.5, 0.6) is 0 Å². The molecular weight excluding hydrogens is 353 g/mol. The molecule has 0 bridgehead atoms. The second-order valence-corrected chi connectivity index (χ2v) is 6.15. The Balaban J connectivity index is 2.33. The third-order valence-electron chi connectivity index (χ3n) is 4.19. The highest BCUT2D eigenvalue weighted by atomic mass is 19.4. The van der Waals surface area contributed by atoms with Gasteiger partial charge in [-0.25, -0.2) is 4.85 Å². The van der Waals surface area contributed by atoms with Gasteiger partial charge in [-0.3, -0.25) is 4.79 Å². The number of hydrogen-bond acceptors (Lipinski definition) is 1. The molecule has 0 aliphatic heterocycles. The number of hydrogen-bond donors (Lipinski definition) is 0. The van der Waals surface area contributed by atoms with E-state index in [0.717, 1.165) is 17.2 Å². The Hall–Kier alpha value is -3.33. The van der Waals surface area contributed by atoms with Crippen molar-refractivity contribution >= 4 is 5.69 Å². The highest BCUT2D eigenvalue weighted by Crippen LogP contribution is 2.37. The van der Waals surface area contributed by atoms with Crippen LogP contribution in [0.1, 0.15) is 16.7 Å². The van der Waals surface area contributed by atoms with Gasteiger partial charge in [0.05, 0.1) is 12.1 Å². The predicted molar refractivity (Wildman–Crippen MR) is 97.7 cm³/mol. The number of alkyl halides is 3. The van der Waals surface area contributed by atoms with Gasteiger partial charge >= 0.3 is 6.18 Å². The third-order valence-corrected chi connectivity index (χ3v) is 4.19. The molecule has 3 rings (SSSR count). The Bertz CT molecular complexity index is 1080. The minimum atomic E-state index is -4.79. The first kappa shape index (κ1) is 18.5. The average Bonchev–Trinajstić information content (AvgIpc) is 2.63. The second-order valence-electron chi connectivity index (χ2n) is 6.15. The van der Waals surface area contributed by atoms with Crippen molar-refractivity contribution in [1.82, 2.24) is 4.57 Å². The SMILES string of the molecule is [C-]#[N+]c1c(C(F)(F)F)cc(-c2cccc(C)c2)n(Cc2ccccc2)c1=O. The molecule has 1 heterocycles. The summed E-state index contributed by atoms with van der Waals surface area (Å²) in [6.45, 7) is 9.00. The van der Waals surface area contributed by atoms with Gasteiger partial charge < -0.3 is 4.57 Å². The largest absolute Gasteiger partial charge is 0.407 e. The first-order valence-corrected chi connectivity index (χ1v) is 8.14. The van der Waals surface area contributed by atoms with Crippen molar-refractivity contribution in [3.8, 4) is 11.3 Å². The van der Waals surface area contributed by atoms with Crippen molar-refractivity contribution in [2.24, 2.45) is 0 Å². The van der Waals surface area contributed by atoms with Crippen LogP contribution in [0.3, 0.4) is 0 Å². The van der Waals surface area contributed by atoms with Gasteiger partial charge in [0.1, 0.15) is 0 Å². The molecule has 3 nitrogen and oxygen atoms in total. The second kappa shape index (κ2) is 7.12. The van der Waals surface area contributed by atoms with Crippen molar-refractivity contribution in [1.29, 1.82) is 0 Å². The van der Waals surface area contributed by atoms with Crippen LogP contribution in [0.15, 0.2) is 65.5 Å². The van der Waals surface area contributed by atoms with Crippen molar-refractivity contribution in [3.05, 3.63) is 99.1 Å². The lowest BCUT2D eigenvalue weighted by molar-refractivity contribution is -0.136. The molecule has 2 aromatic carbocycles. The molecule has 0 saturated carbocycles. The molecule has 0 unspecified atom stereocenters. The molecular formula is C21H15F3N2O. The van der Waals surface area contributed by atoms with Crippen molar-refractivity contribution in [3.63, 3.8) is 0 Å². The van der Waals surface area contributed by atoms with Crippen molar-refractivity contribution < 1.29 is 13.2 Å². The molecule has 0 N–H and O–H groups in total. The molecule has 0 radical (unpaired) electrons. The molecule has 0 fully saturated rings. The lowest BCUT2D eigenvalue weighted by Crippen LogP contribution is -2.25. The predicted octanol–water partition coefficient (Wildman–Crippen LogP) is 5.44. The van der Waals surface area contributed by atoms with Crippen LogP contribution in [0.25, 0.3) is 16.1 Å². The fraction of sp³-hybridized carbons (Fsp3) is 0.143. The van der Waals surface area contributed by atoms with E-state index in [1.807, 2.05) is 19.1 Å². The molecule has 0 amide bonds. The van der Waals surface area contributed by atoms with Gasteiger partial charge in [-0.2, -0.15) is 13.2 Å². The van der Waals surface area contributed by atoms with Crippen LogP contribution in [0.2, 0.25) is 0 Å². The van der Waals surface area contributed by atoms with E-state index in [1.54, 1.807) is 42.5 Å². The summed E-state index contributed by atoms with van der Waals surface area (Å²) in [5, 5.41) is 0. The molecule has 0 aliphatic rings. The van der Waals surface area contributed by atoms with E-state index in [2.05, 4.69) is 4.85 Å². The lowest BCUT2D eigenvalue weighted by atomic mass is 10.0. The Morgan fingerprint density at radius 1 is 1.04 bits per heavy atom. The number of pyridine rings is 1. The molecule has 0 atom stereocenters. The van der Waals surface area contributed by atoms with E-state index in [9.17, 15) is 18.0 Å². The Morgan fingerprint density at radius 2 is 1.74 bits per heavy atom. The summed E-state index contributed by atoms with van der Waals surface area (Å²) < 4.78 is 41.6. The lowest BCUT2D eigenvalue weighted by Gasteiger charge is -2.18. The molecule has 27 heavy (non-hydrogen) atoms. The van der Waals surface area contributed by atoms with Crippen LogP contribution < -0.4 is 5.56 Å². The Morgan fingerprint density at radius 3 is 2.33 bits per heavy atom. The van der Waals surface area contributed by atoms with Gasteiger partial charge in [0, 0.05) is 12.2 Å². The number of rotatable bonds is 3. The molecule has 0 aliphatic carbocycles. The standard InChI is InChI=1S/C21H15F3N2O/c1-14-7-6-10-16(11-14)18-12-17(21(22,23)24)19(25-2)20(27)26(18)13-15-8-4-3-5-9-15/h3-12H,13H2,1H3. The fourth-order valence-corrected chi connectivity index (χ4v) is 2.93. The van der Waals surface area contributed by atoms with E-state index in [4.69, 9.17) is 6.57 Å². The van der Waals surface area contributed by atoms with Gasteiger partial charge in [-0.1, -0.05) is 54.1 Å². The maximum Gasteiger partial charge on any atom is 0.407 e. The summed E-state index contributed by atoms with van der Waals surface area (Å²) >= 11 is 0. The number of nitrogens with zero attached hydrogens (tertiary/aromatic N) is 2. The van der Waals surface area contributed by atoms with E-state index in [0.29, 0.717) is 5.56 Å². The smallest absolute Gasteiger partial charge is 0.313 e. The van der Waals surface area contributed by atoms with Gasteiger partial charge in [0.2, 0.25) is 0 Å². The van der Waals surface area contributed by atoms with Crippen LogP contribution >= 0.6 is 0 Å². The van der Waals surface area contributed by atoms with E-state index in [1.165, 1.54) is 4.57 Å². The van der Waals surface area contributed by atoms with Crippen LogP contribution in [-0.2, 0) is 12.7 Å². The van der Waals surface area contributed by atoms with Gasteiger partial charge in [0.25, 0.3) is 11.2 Å². The topological polar surface area (TPSA) is 26.4 Å². The summed E-state index contributed by atoms with van der Waals surface area (Å²) in [6.07, 6.45) is -4.79. The summed E-state index contributed by atoms with van der Waals surface area (Å²) in [5.41, 5.74) is -0.825. The number of aryl methyl sites for hydroxylation is 1. The molecule has 136 valence electrons. The highest BCUT2D eigenvalue weighted by Gasteiger charge is 2.36. The zero-order valence-corrected chi connectivity index (χ0v) is 14.4. The first-order chi connectivity index (χ1) is 12.8. The normalized spacial score (nSPS) is 11.2. The van der Waals surface area contributed by atoms with Crippen molar-refractivity contribution in [2.75, 3.05) is 0 Å². The summed E-state index contributed by atoms with van der Waals surface area (Å²) in [6, 6.07) is 16.7. The molecule has 3 aromatic rings. The quantitative estimate of drug-likeness (QED) is 0.565. The first-order valence-electron chi connectivity index (χ1n) is 8.14. The monoisotopic (exact) mass is 368 g/mol. The number of halogens is 3. The van der Waals surface area contributed by atoms with Gasteiger partial charge in [-0.05, 0) is 30.2 Å². The minimum absolute atomic E-state index is 0.0730. The minimum Gasteiger partial charge on any atom is -0.313 e.